The van der Waals surface area contributed by atoms with E-state index in [2.05, 4.69) is 26.1 Å². The largest absolute Gasteiger partial charge is 0.325 e. The number of nitrogens with two attached hydrogens (primary N) is 1. The third kappa shape index (κ3) is 1.57. The van der Waals surface area contributed by atoms with Crippen molar-refractivity contribution in [3.8, 4) is 0 Å². The summed E-state index contributed by atoms with van der Waals surface area (Å²) in [6.45, 7) is -0.728. The highest BCUT2D eigenvalue weighted by atomic mass is 79.9. The van der Waals surface area contributed by atoms with Crippen LogP contribution in [0.1, 0.15) is 5.69 Å². The van der Waals surface area contributed by atoms with Gasteiger partial charge in [0.25, 0.3) is 0 Å². The molecule has 0 fully saturated rings. The molecule has 0 saturated carbocycles. The van der Waals surface area contributed by atoms with Crippen LogP contribution in [0.5, 0.6) is 0 Å². The monoisotopic (exact) mass is 225 g/mol. The Bertz CT molecular complexity index is 248. The average Bonchev–Trinajstić information content (AvgIpc) is 2.36. The molecule has 0 amide bonds. The van der Waals surface area contributed by atoms with Crippen LogP contribution in [-0.2, 0) is 5.92 Å². The summed E-state index contributed by atoms with van der Waals surface area (Å²) in [7, 11) is 0. The molecule has 1 aromatic rings. The number of halogens is 3. The second-order valence-corrected chi connectivity index (χ2v) is 2.86. The second kappa shape index (κ2) is 2.86. The van der Waals surface area contributed by atoms with Gasteiger partial charge in [-0.1, -0.05) is 0 Å². The fourth-order valence-electron chi connectivity index (χ4n) is 0.630. The zero-order chi connectivity index (χ0) is 8.48. The molecule has 0 bridgehead atoms. The van der Waals surface area contributed by atoms with Crippen molar-refractivity contribution >= 4 is 15.9 Å². The molecule has 0 aromatic carbocycles. The van der Waals surface area contributed by atoms with Crippen molar-refractivity contribution in [3.05, 3.63) is 16.4 Å². The Hall–Kier alpha value is -0.490. The summed E-state index contributed by atoms with van der Waals surface area (Å²) in [4.78, 5) is 0. The van der Waals surface area contributed by atoms with Gasteiger partial charge in [0.05, 0.1) is 17.2 Å². The number of nitrogens with zero attached hydrogens (tertiary/aromatic N) is 1. The van der Waals surface area contributed by atoms with E-state index in [0.29, 0.717) is 0 Å². The molecule has 0 aliphatic carbocycles. The minimum atomic E-state index is -3.03. The van der Waals surface area contributed by atoms with Gasteiger partial charge in [0, 0.05) is 0 Å². The Balaban J connectivity index is 3.00. The first kappa shape index (κ1) is 8.61. The van der Waals surface area contributed by atoms with Crippen LogP contribution in [0.4, 0.5) is 8.78 Å². The summed E-state index contributed by atoms with van der Waals surface area (Å²) in [6.07, 6.45) is 1.26. The predicted octanol–water partition coefficient (Wildman–Crippen LogP) is 1.22. The van der Waals surface area contributed by atoms with Crippen molar-refractivity contribution in [2.75, 3.05) is 6.54 Å². The molecule has 0 saturated heterocycles. The molecule has 3 N–H and O–H groups in total. The Morgan fingerprint density at radius 2 is 2.36 bits per heavy atom. The summed E-state index contributed by atoms with van der Waals surface area (Å²) < 4.78 is 25.7. The van der Waals surface area contributed by atoms with Crippen LogP contribution in [0, 0.1) is 0 Å². The Morgan fingerprint density at radius 3 is 2.73 bits per heavy atom. The minimum Gasteiger partial charge on any atom is -0.325 e. The molecule has 11 heavy (non-hydrogen) atoms. The zero-order valence-electron chi connectivity index (χ0n) is 5.44. The van der Waals surface area contributed by atoms with Crippen molar-refractivity contribution < 1.29 is 8.78 Å². The highest BCUT2D eigenvalue weighted by Crippen LogP contribution is 2.30. The minimum absolute atomic E-state index is 0.243. The van der Waals surface area contributed by atoms with E-state index in [9.17, 15) is 8.78 Å². The van der Waals surface area contributed by atoms with Crippen LogP contribution in [0.3, 0.4) is 0 Å². The maximum absolute atomic E-state index is 12.8. The lowest BCUT2D eigenvalue weighted by atomic mass is 10.2. The Morgan fingerprint density at radius 1 is 1.73 bits per heavy atom. The van der Waals surface area contributed by atoms with Gasteiger partial charge >= 0.3 is 5.92 Å². The maximum Gasteiger partial charge on any atom is 0.302 e. The van der Waals surface area contributed by atoms with Crippen LogP contribution in [-0.4, -0.2) is 16.7 Å². The topological polar surface area (TPSA) is 54.7 Å². The number of rotatable bonds is 2. The van der Waals surface area contributed by atoms with E-state index in [1.54, 1.807) is 0 Å². The molecule has 0 aliphatic rings. The van der Waals surface area contributed by atoms with Gasteiger partial charge < -0.3 is 5.73 Å². The van der Waals surface area contributed by atoms with Crippen molar-refractivity contribution in [2.24, 2.45) is 5.73 Å². The summed E-state index contributed by atoms with van der Waals surface area (Å²) in [5.74, 6) is -3.03. The first-order valence-corrected chi connectivity index (χ1v) is 3.64. The Labute approximate surface area is 70.1 Å². The van der Waals surface area contributed by atoms with Crippen molar-refractivity contribution in [3.63, 3.8) is 0 Å². The highest BCUT2D eigenvalue weighted by molar-refractivity contribution is 9.10. The molecule has 1 aromatic heterocycles. The molecule has 0 aliphatic heterocycles. The lowest BCUT2D eigenvalue weighted by Gasteiger charge is -2.11. The van der Waals surface area contributed by atoms with Crippen molar-refractivity contribution in [1.82, 2.24) is 10.2 Å². The fourth-order valence-corrected chi connectivity index (χ4v) is 1.11. The van der Waals surface area contributed by atoms with E-state index < -0.39 is 12.5 Å². The van der Waals surface area contributed by atoms with E-state index in [1.807, 2.05) is 0 Å². The molecule has 3 nitrogen and oxygen atoms in total. The quantitative estimate of drug-likeness (QED) is 0.796. The summed E-state index contributed by atoms with van der Waals surface area (Å²) >= 11 is 2.91. The van der Waals surface area contributed by atoms with Gasteiger partial charge in [0.2, 0.25) is 0 Å². The molecule has 62 valence electrons. The smallest absolute Gasteiger partial charge is 0.302 e. The molecular formula is C5H6BrF2N3. The van der Waals surface area contributed by atoms with Gasteiger partial charge in [-0.05, 0) is 15.9 Å². The van der Waals surface area contributed by atoms with Gasteiger partial charge in [-0.3, -0.25) is 5.10 Å². The van der Waals surface area contributed by atoms with Crippen molar-refractivity contribution in [1.29, 1.82) is 0 Å². The van der Waals surface area contributed by atoms with Gasteiger partial charge in [0.15, 0.2) is 0 Å². The highest BCUT2D eigenvalue weighted by Gasteiger charge is 2.33. The average molecular weight is 226 g/mol. The normalized spacial score (nSPS) is 12.0. The first-order chi connectivity index (χ1) is 5.08. The molecule has 0 unspecified atom stereocenters. The van der Waals surface area contributed by atoms with Crippen LogP contribution in [0.2, 0.25) is 0 Å². The number of nitrogens with one attached hydrogen (secondary N) is 1. The molecule has 6 heteroatoms. The van der Waals surface area contributed by atoms with Crippen LogP contribution in [0.15, 0.2) is 10.7 Å². The third-order valence-electron chi connectivity index (χ3n) is 1.22. The van der Waals surface area contributed by atoms with Crippen LogP contribution >= 0.6 is 15.9 Å². The van der Waals surface area contributed by atoms with Gasteiger partial charge in [-0.2, -0.15) is 13.9 Å². The van der Waals surface area contributed by atoms with E-state index in [-0.39, 0.29) is 10.2 Å². The molecule has 1 rings (SSSR count). The third-order valence-corrected chi connectivity index (χ3v) is 1.82. The number of alkyl halides is 2. The van der Waals surface area contributed by atoms with E-state index >= 15 is 0 Å². The zero-order valence-corrected chi connectivity index (χ0v) is 7.03. The summed E-state index contributed by atoms with van der Waals surface area (Å²) in [5, 5.41) is 5.60. The fraction of sp³-hybridized carbons (Fsp3) is 0.400. The number of hydrogen-bond donors (Lipinski definition) is 2. The first-order valence-electron chi connectivity index (χ1n) is 2.85. The lowest BCUT2D eigenvalue weighted by Crippen LogP contribution is -2.25. The lowest BCUT2D eigenvalue weighted by molar-refractivity contribution is 0.000609. The molecule has 0 spiro atoms. The number of aromatic amines is 1. The number of hydrogen-bond acceptors (Lipinski definition) is 2. The summed E-state index contributed by atoms with van der Waals surface area (Å²) in [6, 6.07) is 0. The van der Waals surface area contributed by atoms with E-state index in [1.165, 1.54) is 6.20 Å². The molecule has 0 radical (unpaired) electrons. The Kier molecular flexibility index (Phi) is 2.24. The predicted molar refractivity (Wildman–Crippen MR) is 39.2 cm³/mol. The van der Waals surface area contributed by atoms with E-state index in [0.717, 1.165) is 0 Å². The number of H-pyrrole nitrogens is 1. The van der Waals surface area contributed by atoms with Gasteiger partial charge in [-0.25, -0.2) is 0 Å². The second-order valence-electron chi connectivity index (χ2n) is 2.00. The SMILES string of the molecule is NCC(F)(F)c1[nH]ncc1Br. The van der Waals surface area contributed by atoms with Crippen LogP contribution < -0.4 is 5.73 Å². The standard InChI is InChI=1S/C5H6BrF2N3/c6-3-1-10-11-4(3)5(7,8)2-9/h1H,2,9H2,(H,10,11). The number of aromatic nitrogens is 2. The van der Waals surface area contributed by atoms with Crippen LogP contribution in [0.25, 0.3) is 0 Å². The van der Waals surface area contributed by atoms with Crippen molar-refractivity contribution in [2.45, 2.75) is 5.92 Å². The summed E-state index contributed by atoms with van der Waals surface area (Å²) in [5.41, 5.74) is 4.57. The van der Waals surface area contributed by atoms with Gasteiger partial charge in [-0.15, -0.1) is 0 Å². The molecule has 0 atom stereocenters. The van der Waals surface area contributed by atoms with Gasteiger partial charge in [0.1, 0.15) is 5.69 Å². The molecular weight excluding hydrogens is 220 g/mol. The van der Waals surface area contributed by atoms with E-state index in [4.69, 9.17) is 5.73 Å². The molecule has 1 heterocycles. The maximum atomic E-state index is 12.8.